The van der Waals surface area contributed by atoms with E-state index in [2.05, 4.69) is 4.99 Å². The third-order valence-electron chi connectivity index (χ3n) is 1.61. The van der Waals surface area contributed by atoms with Gasteiger partial charge in [-0.05, 0) is 17.7 Å². The second-order valence-corrected chi connectivity index (χ2v) is 2.44. The highest BCUT2D eigenvalue weighted by Gasteiger charge is 2.08. The van der Waals surface area contributed by atoms with Gasteiger partial charge in [0, 0.05) is 0 Å². The second kappa shape index (κ2) is 4.48. The van der Waals surface area contributed by atoms with Crippen molar-refractivity contribution in [1.82, 2.24) is 0 Å². The van der Waals surface area contributed by atoms with Crippen molar-refractivity contribution in [2.24, 2.45) is 4.99 Å². The SMILES string of the molecule is O=C=NC(CF)c1ccc(F)cc1. The summed E-state index contributed by atoms with van der Waals surface area (Å²) in [5, 5.41) is 0. The van der Waals surface area contributed by atoms with E-state index in [9.17, 15) is 13.6 Å². The van der Waals surface area contributed by atoms with Crippen molar-refractivity contribution >= 4 is 6.08 Å². The minimum Gasteiger partial charge on any atom is -0.248 e. The molecule has 0 heterocycles. The molecule has 0 aliphatic heterocycles. The molecule has 0 aliphatic carbocycles. The van der Waals surface area contributed by atoms with E-state index >= 15 is 0 Å². The summed E-state index contributed by atoms with van der Waals surface area (Å²) in [4.78, 5) is 13.1. The number of aliphatic imine (C=N–C) groups is 1. The maximum absolute atomic E-state index is 12.4. The molecule has 0 N–H and O–H groups in total. The average Bonchev–Trinajstić information content (AvgIpc) is 2.16. The van der Waals surface area contributed by atoms with Gasteiger partial charge in [0.25, 0.3) is 0 Å². The first-order valence-corrected chi connectivity index (χ1v) is 3.66. The monoisotopic (exact) mass is 183 g/mol. The summed E-state index contributed by atoms with van der Waals surface area (Å²) < 4.78 is 24.7. The Hall–Kier alpha value is -1.54. The van der Waals surface area contributed by atoms with E-state index in [1.165, 1.54) is 30.3 Å². The van der Waals surface area contributed by atoms with Crippen molar-refractivity contribution < 1.29 is 13.6 Å². The number of alkyl halides is 1. The summed E-state index contributed by atoms with van der Waals surface area (Å²) in [6, 6.07) is 4.30. The quantitative estimate of drug-likeness (QED) is 0.521. The van der Waals surface area contributed by atoms with Crippen LogP contribution in [0.2, 0.25) is 0 Å². The van der Waals surface area contributed by atoms with Gasteiger partial charge >= 0.3 is 0 Å². The highest BCUT2D eigenvalue weighted by atomic mass is 19.1. The van der Waals surface area contributed by atoms with E-state index in [0.717, 1.165) is 0 Å². The van der Waals surface area contributed by atoms with Crippen LogP contribution in [0.1, 0.15) is 11.6 Å². The molecule has 1 rings (SSSR count). The van der Waals surface area contributed by atoms with Crippen molar-refractivity contribution in [3.63, 3.8) is 0 Å². The summed E-state index contributed by atoms with van der Waals surface area (Å²) in [5.74, 6) is -0.406. The zero-order valence-electron chi connectivity index (χ0n) is 6.71. The van der Waals surface area contributed by atoms with Gasteiger partial charge in [-0.3, -0.25) is 0 Å². The Morgan fingerprint density at radius 2 is 2.00 bits per heavy atom. The number of hydrogen-bond acceptors (Lipinski definition) is 2. The molecule has 1 atom stereocenters. The molecule has 0 bridgehead atoms. The van der Waals surface area contributed by atoms with Gasteiger partial charge in [-0.25, -0.2) is 13.6 Å². The lowest BCUT2D eigenvalue weighted by atomic mass is 10.1. The van der Waals surface area contributed by atoms with Crippen LogP contribution in [0.3, 0.4) is 0 Å². The summed E-state index contributed by atoms with van der Waals surface area (Å²) >= 11 is 0. The molecule has 1 aromatic rings. The molecular formula is C9H7F2NO. The maximum Gasteiger partial charge on any atom is 0.235 e. The number of benzene rings is 1. The first-order chi connectivity index (χ1) is 6.27. The van der Waals surface area contributed by atoms with Crippen molar-refractivity contribution in [1.29, 1.82) is 0 Å². The molecule has 1 aromatic carbocycles. The average molecular weight is 183 g/mol. The second-order valence-electron chi connectivity index (χ2n) is 2.44. The van der Waals surface area contributed by atoms with E-state index in [1.807, 2.05) is 0 Å². The number of rotatable bonds is 3. The Labute approximate surface area is 73.9 Å². The van der Waals surface area contributed by atoms with E-state index in [0.29, 0.717) is 5.56 Å². The van der Waals surface area contributed by atoms with Crippen LogP contribution in [-0.4, -0.2) is 12.8 Å². The van der Waals surface area contributed by atoms with Gasteiger partial charge in [0.1, 0.15) is 18.5 Å². The lowest BCUT2D eigenvalue weighted by molar-refractivity contribution is 0.435. The zero-order valence-corrected chi connectivity index (χ0v) is 6.71. The van der Waals surface area contributed by atoms with Crippen LogP contribution in [-0.2, 0) is 4.79 Å². The molecule has 0 radical (unpaired) electrons. The lowest BCUT2D eigenvalue weighted by Gasteiger charge is -2.04. The molecular weight excluding hydrogens is 176 g/mol. The summed E-state index contributed by atoms with van der Waals surface area (Å²) in [7, 11) is 0. The van der Waals surface area contributed by atoms with Gasteiger partial charge in [0.15, 0.2) is 0 Å². The molecule has 4 heteroatoms. The molecule has 0 aliphatic rings. The first kappa shape index (κ1) is 9.55. The smallest absolute Gasteiger partial charge is 0.235 e. The molecule has 68 valence electrons. The Bertz CT molecular complexity index is 317. The number of hydrogen-bond donors (Lipinski definition) is 0. The summed E-state index contributed by atoms with van der Waals surface area (Å²) in [6.07, 6.45) is 1.27. The molecule has 2 nitrogen and oxygen atoms in total. The van der Waals surface area contributed by atoms with Crippen LogP contribution in [0, 0.1) is 5.82 Å². The summed E-state index contributed by atoms with van der Waals surface area (Å²) in [5.41, 5.74) is 0.465. The molecule has 0 aromatic heterocycles. The Morgan fingerprint density at radius 1 is 1.38 bits per heavy atom. The predicted octanol–water partition coefficient (Wildman–Crippen LogP) is 2.17. The Kier molecular flexibility index (Phi) is 3.29. The third kappa shape index (κ3) is 2.46. The highest BCUT2D eigenvalue weighted by Crippen LogP contribution is 2.17. The number of carbonyl (C=O) groups excluding carboxylic acids is 1. The largest absolute Gasteiger partial charge is 0.248 e. The fraction of sp³-hybridized carbons (Fsp3) is 0.222. The molecule has 0 fully saturated rings. The van der Waals surface area contributed by atoms with Crippen molar-refractivity contribution in [3.8, 4) is 0 Å². The minimum atomic E-state index is -0.863. The van der Waals surface area contributed by atoms with Crippen LogP contribution in [0.15, 0.2) is 29.3 Å². The van der Waals surface area contributed by atoms with Crippen LogP contribution in [0.5, 0.6) is 0 Å². The van der Waals surface area contributed by atoms with Crippen molar-refractivity contribution in [3.05, 3.63) is 35.6 Å². The summed E-state index contributed by atoms with van der Waals surface area (Å²) in [6.45, 7) is -0.791. The predicted molar refractivity (Wildman–Crippen MR) is 43.2 cm³/mol. The van der Waals surface area contributed by atoms with E-state index in [4.69, 9.17) is 0 Å². The van der Waals surface area contributed by atoms with E-state index in [-0.39, 0.29) is 0 Å². The molecule has 0 amide bonds. The van der Waals surface area contributed by atoms with Crippen LogP contribution >= 0.6 is 0 Å². The fourth-order valence-corrected chi connectivity index (χ4v) is 0.947. The first-order valence-electron chi connectivity index (χ1n) is 3.66. The number of halogens is 2. The van der Waals surface area contributed by atoms with Gasteiger partial charge in [-0.2, -0.15) is 4.99 Å². The van der Waals surface area contributed by atoms with E-state index in [1.54, 1.807) is 0 Å². The topological polar surface area (TPSA) is 29.4 Å². The van der Waals surface area contributed by atoms with Crippen LogP contribution in [0.25, 0.3) is 0 Å². The maximum atomic E-state index is 12.4. The van der Waals surface area contributed by atoms with Gasteiger partial charge < -0.3 is 0 Å². The Balaban J connectivity index is 2.91. The standard InChI is InChI=1S/C9H7F2NO/c10-5-9(12-6-13)7-1-3-8(11)4-2-7/h1-4,9H,5H2. The normalized spacial score (nSPS) is 11.8. The molecule has 1 unspecified atom stereocenters. The van der Waals surface area contributed by atoms with Gasteiger partial charge in [-0.1, -0.05) is 12.1 Å². The highest BCUT2D eigenvalue weighted by molar-refractivity contribution is 5.35. The third-order valence-corrected chi connectivity index (χ3v) is 1.61. The molecule has 0 saturated carbocycles. The fourth-order valence-electron chi connectivity index (χ4n) is 0.947. The van der Waals surface area contributed by atoms with Gasteiger partial charge in [-0.15, -0.1) is 0 Å². The molecule has 0 saturated heterocycles. The minimum absolute atomic E-state index is 0.406. The molecule has 13 heavy (non-hydrogen) atoms. The lowest BCUT2D eigenvalue weighted by Crippen LogP contribution is -1.97. The van der Waals surface area contributed by atoms with Gasteiger partial charge in [0.05, 0.1) is 0 Å². The van der Waals surface area contributed by atoms with Crippen molar-refractivity contribution in [2.75, 3.05) is 6.67 Å². The van der Waals surface area contributed by atoms with Crippen molar-refractivity contribution in [2.45, 2.75) is 6.04 Å². The zero-order chi connectivity index (χ0) is 9.68. The number of isocyanates is 1. The Morgan fingerprint density at radius 3 is 2.46 bits per heavy atom. The van der Waals surface area contributed by atoms with E-state index < -0.39 is 18.5 Å². The van der Waals surface area contributed by atoms with Gasteiger partial charge in [0.2, 0.25) is 6.08 Å². The van der Waals surface area contributed by atoms with Crippen LogP contribution in [0.4, 0.5) is 8.78 Å². The molecule has 0 spiro atoms. The van der Waals surface area contributed by atoms with Crippen LogP contribution < -0.4 is 0 Å². The number of nitrogens with zero attached hydrogens (tertiary/aromatic N) is 1.